The smallest absolute Gasteiger partial charge is 0.247 e. The lowest BCUT2D eigenvalue weighted by atomic mass is 9.81. The maximum Gasteiger partial charge on any atom is 0.247 e. The van der Waals surface area contributed by atoms with Gasteiger partial charge in [0.2, 0.25) is 17.6 Å². The molecule has 2 aliphatic rings. The number of benzene rings is 3. The Hall–Kier alpha value is -4.36. The van der Waals surface area contributed by atoms with E-state index >= 15 is 0 Å². The van der Waals surface area contributed by atoms with Crippen molar-refractivity contribution in [1.29, 1.82) is 0 Å². The molecule has 0 spiro atoms. The average Bonchev–Trinajstić information content (AvgIpc) is 3.68. The Kier molecular flexibility index (Phi) is 13.1. The van der Waals surface area contributed by atoms with E-state index in [0.29, 0.717) is 37.0 Å². The second-order valence-corrected chi connectivity index (χ2v) is 12.5. The number of morpholine rings is 1. The van der Waals surface area contributed by atoms with E-state index in [-0.39, 0.29) is 30.1 Å². The van der Waals surface area contributed by atoms with Gasteiger partial charge in [-0.25, -0.2) is 0 Å². The number of nitrogens with two attached hydrogens (primary N) is 1. The summed E-state index contributed by atoms with van der Waals surface area (Å²) in [6.45, 7) is 5.56. The van der Waals surface area contributed by atoms with Gasteiger partial charge in [-0.1, -0.05) is 36.4 Å². The molecule has 0 bridgehead atoms. The highest BCUT2D eigenvalue weighted by molar-refractivity contribution is 5.97. The normalized spacial score (nSPS) is 18.6. The number of ether oxygens (including phenoxy) is 2. The highest BCUT2D eigenvalue weighted by Gasteiger charge is 2.29. The number of tetrazole rings is 1. The van der Waals surface area contributed by atoms with Crippen LogP contribution in [0.3, 0.4) is 0 Å². The maximum atomic E-state index is 13.7. The third-order valence-corrected chi connectivity index (χ3v) is 9.28. The molecule has 1 aliphatic carbocycles. The Balaban J connectivity index is 0.00000468. The van der Waals surface area contributed by atoms with Crippen molar-refractivity contribution >= 4 is 29.9 Å². The van der Waals surface area contributed by atoms with Crippen LogP contribution in [-0.4, -0.2) is 89.4 Å². The Bertz CT molecular complexity index is 1610. The van der Waals surface area contributed by atoms with Gasteiger partial charge in [0.15, 0.2) is 0 Å². The minimum Gasteiger partial charge on any atom is -0.492 e. The standard InChI is InChI=1S/C36H44N8O4.ClH/c37-24-26-6-10-29(11-7-26)35(45)39-33(36(46)38-31-14-12-28(13-15-31)34-40-42-43-41-34)22-25-4-8-27(9-5-25)30-2-1-3-32(23-30)48-21-18-44-16-19-47-20-17-44;/h1-5,8-9,12-15,23,26,29,33H,6-7,10-11,16-22,24,37H2,(H,38,46)(H,39,45)(H,40,41,42,43);1H/t26-,29-,33-;/m0./s1. The summed E-state index contributed by atoms with van der Waals surface area (Å²) in [4.78, 5) is 29.4. The van der Waals surface area contributed by atoms with Crippen LogP contribution in [0.1, 0.15) is 31.2 Å². The first-order chi connectivity index (χ1) is 23.5. The molecule has 1 saturated carbocycles. The highest BCUT2D eigenvalue weighted by atomic mass is 35.5. The van der Waals surface area contributed by atoms with Gasteiger partial charge in [0.05, 0.1) is 13.2 Å². The lowest BCUT2D eigenvalue weighted by Gasteiger charge is -2.28. The number of anilines is 1. The number of aromatic amines is 1. The van der Waals surface area contributed by atoms with Gasteiger partial charge < -0.3 is 25.8 Å². The summed E-state index contributed by atoms with van der Waals surface area (Å²) in [7, 11) is 0. The molecule has 12 nitrogen and oxygen atoms in total. The van der Waals surface area contributed by atoms with Crippen molar-refractivity contribution in [1.82, 2.24) is 30.8 Å². The lowest BCUT2D eigenvalue weighted by Crippen LogP contribution is -2.48. The molecule has 2 heterocycles. The molecule has 1 atom stereocenters. The Labute approximate surface area is 292 Å². The van der Waals surface area contributed by atoms with Crippen molar-refractivity contribution < 1.29 is 19.1 Å². The summed E-state index contributed by atoms with van der Waals surface area (Å²) >= 11 is 0. The van der Waals surface area contributed by atoms with E-state index in [1.54, 1.807) is 12.1 Å². The number of H-pyrrole nitrogens is 1. The number of amides is 2. The number of halogens is 1. The van der Waals surface area contributed by atoms with E-state index in [0.717, 1.165) is 86.5 Å². The van der Waals surface area contributed by atoms with Gasteiger partial charge in [0.25, 0.3) is 0 Å². The van der Waals surface area contributed by atoms with Crippen molar-refractivity contribution in [3.8, 4) is 28.3 Å². The third kappa shape index (κ3) is 10.1. The van der Waals surface area contributed by atoms with Crippen molar-refractivity contribution in [2.24, 2.45) is 17.6 Å². The predicted molar refractivity (Wildman–Crippen MR) is 190 cm³/mol. The molecule has 1 aromatic heterocycles. The summed E-state index contributed by atoms with van der Waals surface area (Å²) in [5.41, 5.74) is 10.3. The molecule has 0 unspecified atom stereocenters. The van der Waals surface area contributed by atoms with E-state index in [4.69, 9.17) is 15.2 Å². The molecule has 2 fully saturated rings. The molecule has 3 aromatic carbocycles. The molecule has 49 heavy (non-hydrogen) atoms. The molecular formula is C36H45ClN8O4. The number of aromatic nitrogens is 4. The van der Waals surface area contributed by atoms with Crippen LogP contribution < -0.4 is 21.1 Å². The zero-order valence-corrected chi connectivity index (χ0v) is 28.4. The summed E-state index contributed by atoms with van der Waals surface area (Å²) in [6.07, 6.45) is 3.77. The van der Waals surface area contributed by atoms with Crippen molar-refractivity contribution in [2.75, 3.05) is 51.3 Å². The molecule has 2 amide bonds. The van der Waals surface area contributed by atoms with Crippen molar-refractivity contribution in [3.05, 3.63) is 78.4 Å². The predicted octanol–water partition coefficient (Wildman–Crippen LogP) is 4.10. The number of nitrogens with zero attached hydrogens (tertiary/aromatic N) is 4. The third-order valence-electron chi connectivity index (χ3n) is 9.28. The molecule has 1 saturated heterocycles. The van der Waals surface area contributed by atoms with E-state index in [2.05, 4.69) is 42.2 Å². The van der Waals surface area contributed by atoms with Gasteiger partial charge >= 0.3 is 0 Å². The first kappa shape index (κ1) is 35.9. The maximum absolute atomic E-state index is 13.7. The second kappa shape index (κ2) is 17.9. The Morgan fingerprint density at radius 3 is 2.39 bits per heavy atom. The second-order valence-electron chi connectivity index (χ2n) is 12.5. The van der Waals surface area contributed by atoms with Crippen LogP contribution in [0.5, 0.6) is 5.75 Å². The number of nitrogens with one attached hydrogen (secondary N) is 3. The first-order valence-electron chi connectivity index (χ1n) is 16.8. The van der Waals surface area contributed by atoms with Crippen LogP contribution in [0.4, 0.5) is 5.69 Å². The van der Waals surface area contributed by atoms with Gasteiger partial charge in [-0.3, -0.25) is 14.5 Å². The van der Waals surface area contributed by atoms with Gasteiger partial charge in [0, 0.05) is 43.2 Å². The van der Waals surface area contributed by atoms with Crippen LogP contribution in [0.25, 0.3) is 22.5 Å². The topological polar surface area (TPSA) is 160 Å². The summed E-state index contributed by atoms with van der Waals surface area (Å²) in [6, 6.07) is 22.6. The monoisotopic (exact) mass is 688 g/mol. The summed E-state index contributed by atoms with van der Waals surface area (Å²) in [5, 5.41) is 20.1. The molecule has 0 radical (unpaired) electrons. The van der Waals surface area contributed by atoms with Gasteiger partial charge in [0.1, 0.15) is 18.4 Å². The highest BCUT2D eigenvalue weighted by Crippen LogP contribution is 2.29. The van der Waals surface area contributed by atoms with Crippen molar-refractivity contribution in [3.63, 3.8) is 0 Å². The SMILES string of the molecule is Cl.NC[C@H]1CC[C@H](C(=O)N[C@@H](Cc2ccc(-c3cccc(OCCN4CCOCC4)c3)cc2)C(=O)Nc2ccc(-c3nn[nH]n3)cc2)CC1. The number of carbonyl (C=O) groups is 2. The zero-order chi connectivity index (χ0) is 33.1. The van der Waals surface area contributed by atoms with E-state index in [1.807, 2.05) is 54.6 Å². The van der Waals surface area contributed by atoms with Gasteiger partial charge in [-0.2, -0.15) is 5.21 Å². The minimum atomic E-state index is -0.754. The number of rotatable bonds is 13. The lowest BCUT2D eigenvalue weighted by molar-refractivity contribution is -0.130. The molecular weight excluding hydrogens is 644 g/mol. The Morgan fingerprint density at radius 2 is 1.69 bits per heavy atom. The van der Waals surface area contributed by atoms with Crippen LogP contribution in [0, 0.1) is 11.8 Å². The van der Waals surface area contributed by atoms with E-state index in [9.17, 15) is 9.59 Å². The number of carbonyl (C=O) groups excluding carboxylic acids is 2. The molecule has 13 heteroatoms. The van der Waals surface area contributed by atoms with Crippen molar-refractivity contribution in [2.45, 2.75) is 38.1 Å². The fourth-order valence-electron chi connectivity index (χ4n) is 6.33. The van der Waals surface area contributed by atoms with Gasteiger partial charge in [-0.15, -0.1) is 22.6 Å². The first-order valence-corrected chi connectivity index (χ1v) is 16.8. The largest absolute Gasteiger partial charge is 0.492 e. The van der Waals surface area contributed by atoms with Crippen LogP contribution >= 0.6 is 12.4 Å². The molecule has 6 rings (SSSR count). The van der Waals surface area contributed by atoms with E-state index < -0.39 is 6.04 Å². The van der Waals surface area contributed by atoms with Crippen LogP contribution in [-0.2, 0) is 20.7 Å². The molecule has 1 aliphatic heterocycles. The fourth-order valence-corrected chi connectivity index (χ4v) is 6.33. The molecule has 4 aromatic rings. The molecule has 260 valence electrons. The fraction of sp³-hybridized carbons (Fsp3) is 0.417. The zero-order valence-electron chi connectivity index (χ0n) is 27.6. The number of hydrogen-bond donors (Lipinski definition) is 4. The minimum absolute atomic E-state index is 0. The number of hydrogen-bond acceptors (Lipinski definition) is 9. The Morgan fingerprint density at radius 1 is 0.959 bits per heavy atom. The summed E-state index contributed by atoms with van der Waals surface area (Å²) in [5.74, 6) is 1.27. The summed E-state index contributed by atoms with van der Waals surface area (Å²) < 4.78 is 11.5. The van der Waals surface area contributed by atoms with Crippen LogP contribution in [0.15, 0.2) is 72.8 Å². The molecule has 5 N–H and O–H groups in total. The quantitative estimate of drug-likeness (QED) is 0.162. The van der Waals surface area contributed by atoms with Gasteiger partial charge in [-0.05, 0) is 96.4 Å². The van der Waals surface area contributed by atoms with E-state index in [1.165, 1.54) is 0 Å². The average molecular weight is 689 g/mol. The van der Waals surface area contributed by atoms with Crippen LogP contribution in [0.2, 0.25) is 0 Å².